The SMILES string of the molecule is C/C=C/C=C/C(=O)N1CCC2(CC1)CC(=O)c1cc(Cl)ccc1O2. The molecular weight excluding hydrogens is 326 g/mol. The molecule has 1 aromatic carbocycles. The van der Waals surface area contributed by atoms with E-state index in [1.165, 1.54) is 0 Å². The molecule has 126 valence electrons. The molecule has 1 amide bonds. The number of Topliss-reactive ketones (excluding diaryl/α,β-unsaturated/α-hetero) is 1. The molecule has 2 aliphatic rings. The maximum absolute atomic E-state index is 12.5. The number of carbonyl (C=O) groups is 2. The Kier molecular flexibility index (Phi) is 4.76. The molecule has 0 bridgehead atoms. The molecule has 0 aliphatic carbocycles. The van der Waals surface area contributed by atoms with E-state index in [4.69, 9.17) is 16.3 Å². The Labute approximate surface area is 146 Å². The summed E-state index contributed by atoms with van der Waals surface area (Å²) in [6.45, 7) is 3.09. The summed E-state index contributed by atoms with van der Waals surface area (Å²) in [6, 6.07) is 5.15. The first kappa shape index (κ1) is 16.8. The van der Waals surface area contributed by atoms with Crippen molar-refractivity contribution in [2.75, 3.05) is 13.1 Å². The van der Waals surface area contributed by atoms with Gasteiger partial charge in [-0.05, 0) is 25.1 Å². The van der Waals surface area contributed by atoms with Gasteiger partial charge in [-0.3, -0.25) is 9.59 Å². The minimum absolute atomic E-state index is 0.00253. The van der Waals surface area contributed by atoms with Crippen LogP contribution in [0.25, 0.3) is 0 Å². The van der Waals surface area contributed by atoms with Crippen LogP contribution in [0.2, 0.25) is 5.02 Å². The van der Waals surface area contributed by atoms with Crippen molar-refractivity contribution < 1.29 is 14.3 Å². The molecule has 1 fully saturated rings. The first-order valence-electron chi connectivity index (χ1n) is 8.13. The third kappa shape index (κ3) is 3.39. The molecule has 0 saturated carbocycles. The number of fused-ring (bicyclic) bond motifs is 1. The molecule has 0 aromatic heterocycles. The van der Waals surface area contributed by atoms with E-state index < -0.39 is 5.60 Å². The number of benzene rings is 1. The predicted octanol–water partition coefficient (Wildman–Crippen LogP) is 3.80. The Bertz CT molecular complexity index is 715. The Hall–Kier alpha value is -2.07. The van der Waals surface area contributed by atoms with Crippen LogP contribution in [0.1, 0.15) is 36.5 Å². The van der Waals surface area contributed by atoms with Crippen LogP contribution >= 0.6 is 11.6 Å². The first-order chi connectivity index (χ1) is 11.5. The summed E-state index contributed by atoms with van der Waals surface area (Å²) in [5, 5.41) is 0.537. The van der Waals surface area contributed by atoms with Gasteiger partial charge in [0.2, 0.25) is 5.91 Å². The van der Waals surface area contributed by atoms with Crippen LogP contribution < -0.4 is 4.74 Å². The lowest BCUT2D eigenvalue weighted by atomic mass is 9.82. The molecule has 1 spiro atoms. The monoisotopic (exact) mass is 345 g/mol. The Morgan fingerprint density at radius 2 is 2.04 bits per heavy atom. The van der Waals surface area contributed by atoms with Gasteiger partial charge >= 0.3 is 0 Å². The van der Waals surface area contributed by atoms with Crippen molar-refractivity contribution in [1.82, 2.24) is 4.90 Å². The zero-order valence-electron chi connectivity index (χ0n) is 13.6. The molecule has 0 unspecified atom stereocenters. The van der Waals surface area contributed by atoms with Crippen molar-refractivity contribution in [3.05, 3.63) is 53.1 Å². The van der Waals surface area contributed by atoms with E-state index >= 15 is 0 Å². The minimum atomic E-state index is -0.498. The second kappa shape index (κ2) is 6.81. The van der Waals surface area contributed by atoms with Gasteiger partial charge in [0, 0.05) is 37.0 Å². The van der Waals surface area contributed by atoms with Crippen LogP contribution in [0.4, 0.5) is 0 Å². The van der Waals surface area contributed by atoms with Crippen LogP contribution in [0.15, 0.2) is 42.5 Å². The fourth-order valence-electron chi connectivity index (χ4n) is 3.23. The number of carbonyl (C=O) groups excluding carboxylic acids is 2. The third-order valence-electron chi connectivity index (χ3n) is 4.58. The van der Waals surface area contributed by atoms with Crippen molar-refractivity contribution in [2.45, 2.75) is 31.8 Å². The van der Waals surface area contributed by atoms with Gasteiger partial charge in [-0.15, -0.1) is 0 Å². The van der Waals surface area contributed by atoms with Gasteiger partial charge in [0.05, 0.1) is 12.0 Å². The fourth-order valence-corrected chi connectivity index (χ4v) is 3.41. The molecule has 0 radical (unpaired) electrons. The van der Waals surface area contributed by atoms with Gasteiger partial charge in [-0.1, -0.05) is 29.8 Å². The summed E-state index contributed by atoms with van der Waals surface area (Å²) < 4.78 is 6.17. The molecule has 0 N–H and O–H groups in total. The zero-order valence-corrected chi connectivity index (χ0v) is 14.4. The molecule has 1 aromatic rings. The van der Waals surface area contributed by atoms with E-state index in [0.717, 1.165) is 0 Å². The van der Waals surface area contributed by atoms with E-state index in [2.05, 4.69) is 0 Å². The molecule has 1 saturated heterocycles. The largest absolute Gasteiger partial charge is 0.486 e. The number of ether oxygens (including phenoxy) is 1. The summed E-state index contributed by atoms with van der Waals surface area (Å²) in [6.07, 6.45) is 8.68. The van der Waals surface area contributed by atoms with E-state index in [-0.39, 0.29) is 11.7 Å². The van der Waals surface area contributed by atoms with E-state index in [0.29, 0.717) is 48.7 Å². The second-order valence-electron chi connectivity index (χ2n) is 6.24. The lowest BCUT2D eigenvalue weighted by Gasteiger charge is -2.43. The first-order valence-corrected chi connectivity index (χ1v) is 8.51. The highest BCUT2D eigenvalue weighted by Gasteiger charge is 2.43. The highest BCUT2D eigenvalue weighted by Crippen LogP contribution is 2.40. The summed E-state index contributed by atoms with van der Waals surface area (Å²) in [4.78, 5) is 26.4. The van der Waals surface area contributed by atoms with Crippen molar-refractivity contribution in [3.63, 3.8) is 0 Å². The number of likely N-dealkylation sites (tertiary alicyclic amines) is 1. The average molecular weight is 346 g/mol. The van der Waals surface area contributed by atoms with Crippen LogP contribution in [0, 0.1) is 0 Å². The van der Waals surface area contributed by atoms with Crippen molar-refractivity contribution in [1.29, 1.82) is 0 Å². The highest BCUT2D eigenvalue weighted by atomic mass is 35.5. The molecule has 4 nitrogen and oxygen atoms in total. The zero-order chi connectivity index (χ0) is 17.2. The number of allylic oxidation sites excluding steroid dienone is 3. The van der Waals surface area contributed by atoms with Gasteiger partial charge in [0.25, 0.3) is 0 Å². The Morgan fingerprint density at radius 3 is 2.75 bits per heavy atom. The third-order valence-corrected chi connectivity index (χ3v) is 4.82. The summed E-state index contributed by atoms with van der Waals surface area (Å²) in [5.41, 5.74) is 0.0581. The lowest BCUT2D eigenvalue weighted by Crippen LogP contribution is -2.52. The maximum Gasteiger partial charge on any atom is 0.246 e. The summed E-state index contributed by atoms with van der Waals surface area (Å²) in [7, 11) is 0. The van der Waals surface area contributed by atoms with Gasteiger partial charge in [0.1, 0.15) is 11.4 Å². The lowest BCUT2D eigenvalue weighted by molar-refractivity contribution is -0.129. The van der Waals surface area contributed by atoms with Gasteiger partial charge in [0.15, 0.2) is 5.78 Å². The molecule has 5 heteroatoms. The number of nitrogens with zero attached hydrogens (tertiary/aromatic N) is 1. The summed E-state index contributed by atoms with van der Waals surface area (Å²) in [5.74, 6) is 0.659. The minimum Gasteiger partial charge on any atom is -0.486 e. The smallest absolute Gasteiger partial charge is 0.246 e. The standard InChI is InChI=1S/C19H20ClNO3/c1-2-3-4-5-18(23)21-10-8-19(9-11-21)13-16(22)15-12-14(20)6-7-17(15)24-19/h2-7,12H,8-11,13H2,1H3/b3-2+,5-4+. The molecular formula is C19H20ClNO3. The maximum atomic E-state index is 12.5. The Balaban J connectivity index is 1.69. The van der Waals surface area contributed by atoms with Crippen LogP contribution in [-0.4, -0.2) is 35.3 Å². The van der Waals surface area contributed by atoms with Gasteiger partial charge < -0.3 is 9.64 Å². The number of ketones is 1. The van der Waals surface area contributed by atoms with E-state index in [1.54, 1.807) is 35.3 Å². The molecule has 2 heterocycles. The topological polar surface area (TPSA) is 46.6 Å². The van der Waals surface area contributed by atoms with Gasteiger partial charge in [-0.25, -0.2) is 0 Å². The van der Waals surface area contributed by atoms with Gasteiger partial charge in [-0.2, -0.15) is 0 Å². The van der Waals surface area contributed by atoms with E-state index in [9.17, 15) is 9.59 Å². The van der Waals surface area contributed by atoms with Crippen molar-refractivity contribution in [3.8, 4) is 5.75 Å². The normalized spacial score (nSPS) is 19.8. The number of piperidine rings is 1. The second-order valence-corrected chi connectivity index (χ2v) is 6.67. The number of hydrogen-bond acceptors (Lipinski definition) is 3. The quantitative estimate of drug-likeness (QED) is 0.605. The molecule has 0 atom stereocenters. The molecule has 2 aliphatic heterocycles. The number of rotatable bonds is 2. The predicted molar refractivity (Wildman–Crippen MR) is 93.5 cm³/mol. The molecule has 3 rings (SSSR count). The van der Waals surface area contributed by atoms with Crippen LogP contribution in [0.3, 0.4) is 0 Å². The van der Waals surface area contributed by atoms with Crippen LogP contribution in [-0.2, 0) is 4.79 Å². The number of halogens is 1. The average Bonchev–Trinajstić information content (AvgIpc) is 2.56. The Morgan fingerprint density at radius 1 is 1.29 bits per heavy atom. The number of hydrogen-bond donors (Lipinski definition) is 0. The van der Waals surface area contributed by atoms with Crippen molar-refractivity contribution >= 4 is 23.3 Å². The number of amides is 1. The van der Waals surface area contributed by atoms with E-state index in [1.807, 2.05) is 19.1 Å². The summed E-state index contributed by atoms with van der Waals surface area (Å²) >= 11 is 5.96. The highest BCUT2D eigenvalue weighted by molar-refractivity contribution is 6.31. The molecule has 24 heavy (non-hydrogen) atoms. The van der Waals surface area contributed by atoms with Crippen molar-refractivity contribution in [2.24, 2.45) is 0 Å². The fraction of sp³-hybridized carbons (Fsp3) is 0.368. The van der Waals surface area contributed by atoms with Crippen LogP contribution in [0.5, 0.6) is 5.75 Å².